The number of carbonyl (C=O) groups is 2. The standard InChI is InChI=1S/C19H29N3O4/c1-2-15-4-6-16(7-5-15)21-18(23)14-17(19(24)25)20-8-3-9-22-10-12-26-13-11-22/h4-7,17,20H,2-3,8-14H2,1H3,(H,21,23)(H,24,25)/p+1/t17-/m0/s1. The molecule has 1 saturated heterocycles. The number of carboxylic acid groups (broad SMARTS) is 1. The lowest BCUT2D eigenvalue weighted by Gasteiger charge is -2.23. The van der Waals surface area contributed by atoms with Gasteiger partial charge in [-0.15, -0.1) is 0 Å². The van der Waals surface area contributed by atoms with Crippen LogP contribution in [0, 0.1) is 0 Å². The molecule has 0 saturated carbocycles. The van der Waals surface area contributed by atoms with Gasteiger partial charge < -0.3 is 30.2 Å². The van der Waals surface area contributed by atoms with E-state index in [2.05, 4.69) is 12.2 Å². The lowest BCUT2D eigenvalue weighted by molar-refractivity contribution is -0.909. The van der Waals surface area contributed by atoms with E-state index >= 15 is 0 Å². The van der Waals surface area contributed by atoms with E-state index in [1.54, 1.807) is 5.32 Å². The number of carbonyl (C=O) groups excluding carboxylic acids is 2. The average Bonchev–Trinajstić information content (AvgIpc) is 2.65. The number of morpholine rings is 1. The Bertz CT molecular complexity index is 571. The van der Waals surface area contributed by atoms with Crippen molar-refractivity contribution in [3.05, 3.63) is 29.8 Å². The van der Waals surface area contributed by atoms with Gasteiger partial charge in [-0.2, -0.15) is 0 Å². The summed E-state index contributed by atoms with van der Waals surface area (Å²) < 4.78 is 5.32. The predicted octanol–water partition coefficient (Wildman–Crippen LogP) is -2.44. The third-order valence-corrected chi connectivity index (χ3v) is 4.74. The number of rotatable bonds is 10. The van der Waals surface area contributed by atoms with Crippen molar-refractivity contribution in [3.8, 4) is 0 Å². The molecule has 1 aromatic carbocycles. The summed E-state index contributed by atoms with van der Waals surface area (Å²) in [5.41, 5.74) is 1.87. The summed E-state index contributed by atoms with van der Waals surface area (Å²) in [5, 5.41) is 15.8. The van der Waals surface area contributed by atoms with Gasteiger partial charge in [0.1, 0.15) is 19.1 Å². The molecule has 0 radical (unpaired) electrons. The number of aliphatic carboxylic acids is 1. The second-order valence-corrected chi connectivity index (χ2v) is 6.72. The molecular formula is C19H30N3O4+. The Balaban J connectivity index is 1.71. The first-order chi connectivity index (χ1) is 12.6. The largest absolute Gasteiger partial charge is 0.544 e. The number of nitrogens with two attached hydrogens (primary N) is 1. The molecule has 4 N–H and O–H groups in total. The van der Waals surface area contributed by atoms with Crippen molar-refractivity contribution in [1.82, 2.24) is 0 Å². The van der Waals surface area contributed by atoms with Gasteiger partial charge in [-0.05, 0) is 24.1 Å². The minimum absolute atomic E-state index is 0.0950. The molecule has 0 spiro atoms. The van der Waals surface area contributed by atoms with Crippen molar-refractivity contribution >= 4 is 17.6 Å². The van der Waals surface area contributed by atoms with Gasteiger partial charge in [-0.25, -0.2) is 0 Å². The third kappa shape index (κ3) is 7.11. The van der Waals surface area contributed by atoms with E-state index in [4.69, 9.17) is 4.74 Å². The molecule has 0 aromatic heterocycles. The van der Waals surface area contributed by atoms with Crippen LogP contribution in [0.1, 0.15) is 25.3 Å². The minimum Gasteiger partial charge on any atom is -0.544 e. The second kappa shape index (κ2) is 10.9. The fourth-order valence-electron chi connectivity index (χ4n) is 3.08. The number of quaternary nitrogens is 2. The molecule has 1 aliphatic rings. The van der Waals surface area contributed by atoms with Crippen LogP contribution in [-0.2, 0) is 20.7 Å². The number of hydrogen-bond donors (Lipinski definition) is 3. The van der Waals surface area contributed by atoms with Crippen LogP contribution in [0.2, 0.25) is 0 Å². The normalized spacial score (nSPS) is 16.2. The monoisotopic (exact) mass is 364 g/mol. The molecule has 144 valence electrons. The van der Waals surface area contributed by atoms with Crippen LogP contribution >= 0.6 is 0 Å². The summed E-state index contributed by atoms with van der Waals surface area (Å²) in [5.74, 6) is -1.50. The van der Waals surface area contributed by atoms with Crippen LogP contribution in [0.3, 0.4) is 0 Å². The highest BCUT2D eigenvalue weighted by atomic mass is 16.5. The van der Waals surface area contributed by atoms with Gasteiger partial charge in [-0.3, -0.25) is 4.79 Å². The molecule has 26 heavy (non-hydrogen) atoms. The first-order valence-corrected chi connectivity index (χ1v) is 9.42. The van der Waals surface area contributed by atoms with E-state index in [-0.39, 0.29) is 12.3 Å². The molecule has 2 rings (SSSR count). The van der Waals surface area contributed by atoms with Crippen molar-refractivity contribution in [3.63, 3.8) is 0 Å². The van der Waals surface area contributed by atoms with Gasteiger partial charge in [0.15, 0.2) is 0 Å². The lowest BCUT2D eigenvalue weighted by atomic mass is 10.1. The lowest BCUT2D eigenvalue weighted by Crippen LogP contribution is -3.14. The maximum Gasteiger partial charge on any atom is 0.230 e. The summed E-state index contributed by atoms with van der Waals surface area (Å²) in [6, 6.07) is 6.71. The zero-order valence-corrected chi connectivity index (χ0v) is 15.5. The second-order valence-electron chi connectivity index (χ2n) is 6.72. The van der Waals surface area contributed by atoms with Crippen LogP contribution in [0.15, 0.2) is 24.3 Å². The fraction of sp³-hybridized carbons (Fsp3) is 0.579. The summed E-state index contributed by atoms with van der Waals surface area (Å²) in [7, 11) is 0. The zero-order chi connectivity index (χ0) is 18.8. The Labute approximate surface area is 154 Å². The Kier molecular flexibility index (Phi) is 8.53. The van der Waals surface area contributed by atoms with Crippen LogP contribution in [0.5, 0.6) is 0 Å². The van der Waals surface area contributed by atoms with E-state index in [0.717, 1.165) is 45.7 Å². The maximum absolute atomic E-state index is 12.1. The summed E-state index contributed by atoms with van der Waals surface area (Å²) >= 11 is 0. The number of amides is 1. The molecule has 7 nitrogen and oxygen atoms in total. The Morgan fingerprint density at radius 2 is 1.96 bits per heavy atom. The summed E-state index contributed by atoms with van der Waals surface area (Å²) in [6.07, 6.45) is 1.74. The van der Waals surface area contributed by atoms with Gasteiger partial charge in [-0.1, -0.05) is 19.1 Å². The molecule has 1 fully saturated rings. The molecule has 1 amide bonds. The Morgan fingerprint density at radius 3 is 2.58 bits per heavy atom. The molecule has 1 atom stereocenters. The van der Waals surface area contributed by atoms with Crippen LogP contribution in [-0.4, -0.2) is 57.3 Å². The highest BCUT2D eigenvalue weighted by Gasteiger charge is 2.19. The van der Waals surface area contributed by atoms with Gasteiger partial charge in [0.2, 0.25) is 5.91 Å². The number of nitrogens with one attached hydrogen (secondary N) is 2. The summed E-state index contributed by atoms with van der Waals surface area (Å²) in [4.78, 5) is 24.9. The zero-order valence-electron chi connectivity index (χ0n) is 15.5. The van der Waals surface area contributed by atoms with Crippen molar-refractivity contribution in [2.75, 3.05) is 44.7 Å². The molecule has 0 unspecified atom stereocenters. The Hall–Kier alpha value is -1.96. The van der Waals surface area contributed by atoms with Crippen molar-refractivity contribution < 1.29 is 29.6 Å². The first kappa shape index (κ1) is 20.4. The number of ether oxygens (including phenoxy) is 1. The molecular weight excluding hydrogens is 334 g/mol. The number of carboxylic acids is 1. The van der Waals surface area contributed by atoms with Crippen molar-refractivity contribution in [2.24, 2.45) is 0 Å². The van der Waals surface area contributed by atoms with Crippen LogP contribution < -0.4 is 20.6 Å². The van der Waals surface area contributed by atoms with Gasteiger partial charge in [0.25, 0.3) is 0 Å². The Morgan fingerprint density at radius 1 is 1.27 bits per heavy atom. The minimum atomic E-state index is -1.19. The van der Waals surface area contributed by atoms with Gasteiger partial charge >= 0.3 is 0 Å². The van der Waals surface area contributed by atoms with E-state index in [1.807, 2.05) is 24.3 Å². The third-order valence-electron chi connectivity index (χ3n) is 4.74. The molecule has 1 aromatic rings. The summed E-state index contributed by atoms with van der Waals surface area (Å²) in [6.45, 7) is 7.32. The highest BCUT2D eigenvalue weighted by Crippen LogP contribution is 2.10. The van der Waals surface area contributed by atoms with Gasteiger partial charge in [0, 0.05) is 12.1 Å². The highest BCUT2D eigenvalue weighted by molar-refractivity contribution is 5.93. The molecule has 0 aliphatic carbocycles. The number of benzene rings is 1. The molecule has 1 aliphatic heterocycles. The van der Waals surface area contributed by atoms with Gasteiger partial charge in [0.05, 0.1) is 38.7 Å². The van der Waals surface area contributed by atoms with Crippen molar-refractivity contribution in [2.45, 2.75) is 32.2 Å². The predicted molar refractivity (Wildman–Crippen MR) is 95.7 cm³/mol. The molecule has 1 heterocycles. The molecule has 0 bridgehead atoms. The van der Waals surface area contributed by atoms with Crippen LogP contribution in [0.4, 0.5) is 5.69 Å². The van der Waals surface area contributed by atoms with E-state index in [1.165, 1.54) is 10.5 Å². The van der Waals surface area contributed by atoms with E-state index in [0.29, 0.717) is 12.2 Å². The first-order valence-electron chi connectivity index (χ1n) is 9.42. The SMILES string of the molecule is CCc1ccc(NC(=O)C[C@H]([NH2+]CCC[NH+]2CCOCC2)C(=O)[O-])cc1. The number of hydrogen-bond acceptors (Lipinski definition) is 4. The topological polar surface area (TPSA) is 99.5 Å². The quantitative estimate of drug-likeness (QED) is 0.402. The molecule has 7 heteroatoms. The number of aryl methyl sites for hydroxylation is 1. The number of anilines is 1. The van der Waals surface area contributed by atoms with E-state index in [9.17, 15) is 14.7 Å². The van der Waals surface area contributed by atoms with Crippen molar-refractivity contribution in [1.29, 1.82) is 0 Å². The smallest absolute Gasteiger partial charge is 0.230 e. The average molecular weight is 364 g/mol. The maximum atomic E-state index is 12.1. The fourth-order valence-corrected chi connectivity index (χ4v) is 3.08. The van der Waals surface area contributed by atoms with Crippen LogP contribution in [0.25, 0.3) is 0 Å². The van der Waals surface area contributed by atoms with E-state index < -0.39 is 12.0 Å².